The zero-order valence-corrected chi connectivity index (χ0v) is 10.5. The van der Waals surface area contributed by atoms with E-state index in [4.69, 9.17) is 0 Å². The molecule has 1 fully saturated rings. The summed E-state index contributed by atoms with van der Waals surface area (Å²) in [7, 11) is 0. The Morgan fingerprint density at radius 2 is 2.20 bits per heavy atom. The molecule has 0 heterocycles. The first-order chi connectivity index (χ1) is 6.97. The molecule has 1 unspecified atom stereocenters. The molecule has 0 heteroatoms. The molecule has 1 aliphatic rings. The Balaban J connectivity index is 2.72. The lowest BCUT2D eigenvalue weighted by molar-refractivity contribution is 0.191. The molecule has 0 amide bonds. The Bertz CT molecular complexity index is 278. The molecular weight excluding hydrogens is 180 g/mol. The molecular formula is C15H24. The second kappa shape index (κ2) is 4.83. The van der Waals surface area contributed by atoms with Crippen LogP contribution in [0.3, 0.4) is 0 Å². The van der Waals surface area contributed by atoms with Crippen LogP contribution >= 0.6 is 0 Å². The van der Waals surface area contributed by atoms with Gasteiger partial charge in [0.2, 0.25) is 0 Å². The van der Waals surface area contributed by atoms with Crippen LogP contribution in [0.1, 0.15) is 46.5 Å². The lowest BCUT2D eigenvalue weighted by atomic mass is 9.65. The second-order valence-corrected chi connectivity index (χ2v) is 5.44. The lowest BCUT2D eigenvalue weighted by Gasteiger charge is -2.40. The molecule has 15 heavy (non-hydrogen) atoms. The maximum Gasteiger partial charge on any atom is -0.0120 e. The van der Waals surface area contributed by atoms with Gasteiger partial charge in [0.1, 0.15) is 0 Å². The first-order valence-electron chi connectivity index (χ1n) is 5.94. The highest BCUT2D eigenvalue weighted by Crippen LogP contribution is 2.45. The van der Waals surface area contributed by atoms with E-state index in [1.165, 1.54) is 30.4 Å². The molecule has 0 saturated heterocycles. The average Bonchev–Trinajstić information content (AvgIpc) is 2.15. The molecule has 1 rings (SSSR count). The van der Waals surface area contributed by atoms with Gasteiger partial charge < -0.3 is 0 Å². The van der Waals surface area contributed by atoms with Crippen molar-refractivity contribution in [3.05, 3.63) is 36.5 Å². The monoisotopic (exact) mass is 204 g/mol. The van der Waals surface area contributed by atoms with Crippen LogP contribution in [0.25, 0.3) is 0 Å². The fourth-order valence-electron chi connectivity index (χ4n) is 2.54. The molecule has 84 valence electrons. The fourth-order valence-corrected chi connectivity index (χ4v) is 2.54. The van der Waals surface area contributed by atoms with Crippen molar-refractivity contribution in [2.24, 2.45) is 11.3 Å². The van der Waals surface area contributed by atoms with Crippen molar-refractivity contribution in [2.75, 3.05) is 0 Å². The van der Waals surface area contributed by atoms with Gasteiger partial charge in [0.05, 0.1) is 0 Å². The zero-order valence-electron chi connectivity index (χ0n) is 10.5. The van der Waals surface area contributed by atoms with E-state index in [2.05, 4.69) is 40.0 Å². The Labute approximate surface area is 94.8 Å². The molecule has 1 saturated carbocycles. The van der Waals surface area contributed by atoms with E-state index in [0.717, 1.165) is 6.42 Å². The fraction of sp³-hybridized carbons (Fsp3) is 0.600. The third-order valence-electron chi connectivity index (χ3n) is 3.75. The molecule has 0 nitrogen and oxygen atoms in total. The van der Waals surface area contributed by atoms with Gasteiger partial charge in [-0.1, -0.05) is 50.3 Å². The van der Waals surface area contributed by atoms with Crippen molar-refractivity contribution >= 4 is 0 Å². The third-order valence-corrected chi connectivity index (χ3v) is 3.75. The number of hydrogen-bond acceptors (Lipinski definition) is 0. The van der Waals surface area contributed by atoms with Crippen molar-refractivity contribution in [3.63, 3.8) is 0 Å². The summed E-state index contributed by atoms with van der Waals surface area (Å²) in [5.41, 5.74) is 3.15. The SMILES string of the molecule is C=C/C(C)=C/CC1C(=C)CCCC1(C)C. The highest BCUT2D eigenvalue weighted by Gasteiger charge is 2.33. The average molecular weight is 204 g/mol. The summed E-state index contributed by atoms with van der Waals surface area (Å²) in [5, 5.41) is 0. The van der Waals surface area contributed by atoms with Gasteiger partial charge in [0, 0.05) is 0 Å². The van der Waals surface area contributed by atoms with Crippen molar-refractivity contribution < 1.29 is 0 Å². The van der Waals surface area contributed by atoms with Crippen molar-refractivity contribution in [2.45, 2.75) is 46.5 Å². The Morgan fingerprint density at radius 3 is 2.73 bits per heavy atom. The molecule has 0 aromatic heterocycles. The third kappa shape index (κ3) is 3.09. The summed E-state index contributed by atoms with van der Waals surface area (Å²) in [6.45, 7) is 14.9. The zero-order chi connectivity index (χ0) is 11.5. The Morgan fingerprint density at radius 1 is 1.53 bits per heavy atom. The van der Waals surface area contributed by atoms with Crippen molar-refractivity contribution in [1.82, 2.24) is 0 Å². The summed E-state index contributed by atoms with van der Waals surface area (Å²) in [4.78, 5) is 0. The number of hydrogen-bond donors (Lipinski definition) is 0. The number of rotatable bonds is 3. The molecule has 0 aromatic carbocycles. The standard InChI is InChI=1S/C15H24/c1-6-12(2)9-10-14-13(3)8-7-11-15(14,4)5/h6,9,14H,1,3,7-8,10-11H2,2,4-5H3/b12-9+. The van der Waals surface area contributed by atoms with Crippen LogP contribution in [-0.4, -0.2) is 0 Å². The summed E-state index contributed by atoms with van der Waals surface area (Å²) >= 11 is 0. The minimum absolute atomic E-state index is 0.424. The van der Waals surface area contributed by atoms with Gasteiger partial charge in [-0.25, -0.2) is 0 Å². The molecule has 0 bridgehead atoms. The van der Waals surface area contributed by atoms with Crippen LogP contribution in [0.2, 0.25) is 0 Å². The molecule has 0 radical (unpaired) electrons. The summed E-state index contributed by atoms with van der Waals surface area (Å²) in [5.74, 6) is 0.654. The maximum atomic E-state index is 4.24. The largest absolute Gasteiger partial charge is 0.0995 e. The summed E-state index contributed by atoms with van der Waals surface area (Å²) < 4.78 is 0. The smallest absolute Gasteiger partial charge is 0.0120 e. The van der Waals surface area contributed by atoms with Gasteiger partial charge in [-0.15, -0.1) is 0 Å². The molecule has 0 aliphatic heterocycles. The van der Waals surface area contributed by atoms with Crippen LogP contribution in [0.4, 0.5) is 0 Å². The minimum Gasteiger partial charge on any atom is -0.0995 e. The molecule has 0 spiro atoms. The van der Waals surface area contributed by atoms with Crippen LogP contribution < -0.4 is 0 Å². The highest BCUT2D eigenvalue weighted by atomic mass is 14.4. The van der Waals surface area contributed by atoms with Gasteiger partial charge in [-0.2, -0.15) is 0 Å². The topological polar surface area (TPSA) is 0 Å². The van der Waals surface area contributed by atoms with Crippen molar-refractivity contribution in [1.29, 1.82) is 0 Å². The molecule has 1 atom stereocenters. The Hall–Kier alpha value is -0.780. The van der Waals surface area contributed by atoms with E-state index in [0.29, 0.717) is 11.3 Å². The normalized spacial score (nSPS) is 26.5. The summed E-state index contributed by atoms with van der Waals surface area (Å²) in [6, 6.07) is 0. The molecule has 0 N–H and O–H groups in total. The van der Waals surface area contributed by atoms with Gasteiger partial charge in [-0.05, 0) is 43.9 Å². The van der Waals surface area contributed by atoms with Gasteiger partial charge >= 0.3 is 0 Å². The lowest BCUT2D eigenvalue weighted by Crippen LogP contribution is -2.29. The quantitative estimate of drug-likeness (QED) is 0.453. The first-order valence-corrected chi connectivity index (χ1v) is 5.94. The van der Waals surface area contributed by atoms with Crippen LogP contribution in [-0.2, 0) is 0 Å². The van der Waals surface area contributed by atoms with Gasteiger partial charge in [0.15, 0.2) is 0 Å². The van der Waals surface area contributed by atoms with E-state index in [1.54, 1.807) is 0 Å². The van der Waals surface area contributed by atoms with E-state index >= 15 is 0 Å². The van der Waals surface area contributed by atoms with Gasteiger partial charge in [-0.3, -0.25) is 0 Å². The highest BCUT2D eigenvalue weighted by molar-refractivity contribution is 5.17. The Kier molecular flexibility index (Phi) is 3.96. The van der Waals surface area contributed by atoms with Crippen LogP contribution in [0, 0.1) is 11.3 Å². The predicted octanol–water partition coefficient (Wildman–Crippen LogP) is 4.89. The van der Waals surface area contributed by atoms with E-state index in [1.807, 2.05) is 6.08 Å². The van der Waals surface area contributed by atoms with Gasteiger partial charge in [0.25, 0.3) is 0 Å². The first kappa shape index (κ1) is 12.3. The van der Waals surface area contributed by atoms with E-state index < -0.39 is 0 Å². The van der Waals surface area contributed by atoms with Crippen LogP contribution in [0.15, 0.2) is 36.5 Å². The minimum atomic E-state index is 0.424. The molecule has 1 aliphatic carbocycles. The van der Waals surface area contributed by atoms with E-state index in [9.17, 15) is 0 Å². The molecule has 0 aromatic rings. The van der Waals surface area contributed by atoms with Crippen molar-refractivity contribution in [3.8, 4) is 0 Å². The maximum absolute atomic E-state index is 4.24. The second-order valence-electron chi connectivity index (χ2n) is 5.44. The van der Waals surface area contributed by atoms with E-state index in [-0.39, 0.29) is 0 Å². The number of allylic oxidation sites excluding steroid dienone is 4. The van der Waals surface area contributed by atoms with Crippen LogP contribution in [0.5, 0.6) is 0 Å². The summed E-state index contributed by atoms with van der Waals surface area (Å²) in [6.07, 6.45) is 9.22. The predicted molar refractivity (Wildman–Crippen MR) is 68.8 cm³/mol.